The smallest absolute Gasteiger partial charge is 0.0391 e. The molecule has 0 radical (unpaired) electrons. The molecule has 1 aromatic carbocycles. The molecule has 3 heteroatoms. The van der Waals surface area contributed by atoms with Gasteiger partial charge in [0.05, 0.1) is 0 Å². The number of halogens is 1. The Hall–Kier alpha value is -0.640. The van der Waals surface area contributed by atoms with Crippen molar-refractivity contribution in [1.82, 2.24) is 5.32 Å². The second-order valence-electron chi connectivity index (χ2n) is 4.81. The van der Waals surface area contributed by atoms with Gasteiger partial charge in [0.25, 0.3) is 0 Å². The highest BCUT2D eigenvalue weighted by Gasteiger charge is 2.15. The van der Waals surface area contributed by atoms with E-state index in [1.54, 1.807) is 11.3 Å². The predicted octanol–water partition coefficient (Wildman–Crippen LogP) is 5.70. The van der Waals surface area contributed by atoms with Crippen LogP contribution in [0.25, 0.3) is 0 Å². The fourth-order valence-corrected chi connectivity index (χ4v) is 3.72. The molecule has 1 N–H and O–H groups in total. The van der Waals surface area contributed by atoms with Crippen LogP contribution in [-0.2, 0) is 0 Å². The quantitative estimate of drug-likeness (QED) is 0.712. The van der Waals surface area contributed by atoms with Gasteiger partial charge in [0, 0.05) is 26.8 Å². The third-order valence-electron chi connectivity index (χ3n) is 3.24. The van der Waals surface area contributed by atoms with Crippen LogP contribution < -0.4 is 5.32 Å². The Morgan fingerprint density at radius 3 is 2.58 bits per heavy atom. The lowest BCUT2D eigenvalue weighted by molar-refractivity contribution is 0.443. The largest absolute Gasteiger partial charge is 0.303 e. The molecule has 0 fully saturated rings. The first kappa shape index (κ1) is 14.8. The summed E-state index contributed by atoms with van der Waals surface area (Å²) in [5.74, 6) is 0. The van der Waals surface area contributed by atoms with Gasteiger partial charge in [-0.3, -0.25) is 0 Å². The summed E-state index contributed by atoms with van der Waals surface area (Å²) in [6, 6.07) is 13.8. The number of rotatable bonds is 6. The topological polar surface area (TPSA) is 12.0 Å². The highest BCUT2D eigenvalue weighted by atomic mass is 79.9. The van der Waals surface area contributed by atoms with Gasteiger partial charge in [0.1, 0.15) is 0 Å². The Labute approximate surface area is 128 Å². The molecule has 1 aromatic heterocycles. The van der Waals surface area contributed by atoms with Crippen LogP contribution >= 0.6 is 27.3 Å². The van der Waals surface area contributed by atoms with Gasteiger partial charge in [0.2, 0.25) is 0 Å². The molecule has 0 saturated heterocycles. The van der Waals surface area contributed by atoms with E-state index in [9.17, 15) is 0 Å². The maximum Gasteiger partial charge on any atom is 0.0391 e. The van der Waals surface area contributed by atoms with Crippen LogP contribution in [0.5, 0.6) is 0 Å². The van der Waals surface area contributed by atoms with Gasteiger partial charge in [-0.1, -0.05) is 43.7 Å². The summed E-state index contributed by atoms with van der Waals surface area (Å²) in [4.78, 5) is 1.38. The zero-order valence-corrected chi connectivity index (χ0v) is 13.8. The maximum atomic E-state index is 3.75. The number of nitrogens with one attached hydrogen (secondary N) is 1. The number of hydrogen-bond acceptors (Lipinski definition) is 2. The molecule has 0 aliphatic heterocycles. The molecular weight excluding hydrogens is 318 g/mol. The summed E-state index contributed by atoms with van der Waals surface area (Å²) in [7, 11) is 0. The minimum Gasteiger partial charge on any atom is -0.303 e. The fraction of sp³-hybridized carbons (Fsp3) is 0.375. The zero-order valence-electron chi connectivity index (χ0n) is 11.4. The zero-order chi connectivity index (χ0) is 13.7. The van der Waals surface area contributed by atoms with E-state index >= 15 is 0 Å². The van der Waals surface area contributed by atoms with Crippen LogP contribution in [0.2, 0.25) is 0 Å². The van der Waals surface area contributed by atoms with Crippen molar-refractivity contribution >= 4 is 27.3 Å². The molecule has 2 aromatic rings. The monoisotopic (exact) mass is 337 g/mol. The molecule has 2 atom stereocenters. The average molecular weight is 338 g/mol. The summed E-state index contributed by atoms with van der Waals surface area (Å²) in [6.07, 6.45) is 2.36. The van der Waals surface area contributed by atoms with Gasteiger partial charge in [0.15, 0.2) is 0 Å². The molecule has 0 amide bonds. The fourth-order valence-electron chi connectivity index (χ4n) is 2.26. The third-order valence-corrected chi connectivity index (χ3v) is 5.12. The van der Waals surface area contributed by atoms with Crippen LogP contribution in [-0.4, -0.2) is 0 Å². The Balaban J connectivity index is 2.08. The van der Waals surface area contributed by atoms with E-state index in [-0.39, 0.29) is 0 Å². The summed E-state index contributed by atoms with van der Waals surface area (Å²) in [5.41, 5.74) is 1.38. The van der Waals surface area contributed by atoms with Gasteiger partial charge < -0.3 is 5.32 Å². The van der Waals surface area contributed by atoms with Crippen molar-refractivity contribution in [2.24, 2.45) is 0 Å². The summed E-state index contributed by atoms with van der Waals surface area (Å²) in [5, 5.41) is 5.90. The van der Waals surface area contributed by atoms with E-state index in [4.69, 9.17) is 0 Å². The summed E-state index contributed by atoms with van der Waals surface area (Å²) in [6.45, 7) is 4.48. The minimum absolute atomic E-state index is 0.382. The Morgan fingerprint density at radius 1 is 1.26 bits per heavy atom. The number of hydrogen-bond donors (Lipinski definition) is 1. The van der Waals surface area contributed by atoms with Crippen LogP contribution in [0.15, 0.2) is 46.3 Å². The lowest BCUT2D eigenvalue weighted by Gasteiger charge is -2.23. The van der Waals surface area contributed by atoms with E-state index in [1.807, 2.05) is 0 Å². The first-order valence-electron chi connectivity index (χ1n) is 6.75. The normalized spacial score (nSPS) is 14.3. The first-order chi connectivity index (χ1) is 9.20. The van der Waals surface area contributed by atoms with Crippen molar-refractivity contribution in [3.8, 4) is 0 Å². The second kappa shape index (κ2) is 7.22. The highest BCUT2D eigenvalue weighted by molar-refractivity contribution is 9.10. The van der Waals surface area contributed by atoms with Crippen molar-refractivity contribution in [3.63, 3.8) is 0 Å². The molecule has 102 valence electrons. The van der Waals surface area contributed by atoms with Gasteiger partial charge in [-0.05, 0) is 40.9 Å². The van der Waals surface area contributed by atoms with E-state index in [0.29, 0.717) is 12.1 Å². The van der Waals surface area contributed by atoms with Crippen LogP contribution in [0, 0.1) is 0 Å². The number of benzene rings is 1. The molecule has 1 heterocycles. The molecule has 1 nitrogen and oxygen atoms in total. The molecular formula is C16H20BrNS. The third kappa shape index (κ3) is 4.16. The molecule has 0 aliphatic carbocycles. The van der Waals surface area contributed by atoms with Gasteiger partial charge >= 0.3 is 0 Å². The SMILES string of the molecule is CCCC(NC(C)c1cc(Br)cs1)c1ccccc1. The molecule has 0 bridgehead atoms. The molecule has 2 rings (SSSR count). The van der Waals surface area contributed by atoms with Crippen molar-refractivity contribution in [2.75, 3.05) is 0 Å². The summed E-state index contributed by atoms with van der Waals surface area (Å²) >= 11 is 5.33. The molecule has 2 unspecified atom stereocenters. The van der Waals surface area contributed by atoms with E-state index in [0.717, 1.165) is 0 Å². The van der Waals surface area contributed by atoms with Gasteiger partial charge in [-0.25, -0.2) is 0 Å². The maximum absolute atomic E-state index is 3.75. The highest BCUT2D eigenvalue weighted by Crippen LogP contribution is 2.28. The van der Waals surface area contributed by atoms with Crippen molar-refractivity contribution in [1.29, 1.82) is 0 Å². The Bertz CT molecular complexity index is 494. The van der Waals surface area contributed by atoms with Crippen LogP contribution in [0.3, 0.4) is 0 Å². The standard InChI is InChI=1S/C16H20BrNS/c1-3-7-15(13-8-5-4-6-9-13)18-12(2)16-10-14(17)11-19-16/h4-6,8-12,15,18H,3,7H2,1-2H3. The van der Waals surface area contributed by atoms with Crippen molar-refractivity contribution < 1.29 is 0 Å². The second-order valence-corrected chi connectivity index (χ2v) is 6.67. The Morgan fingerprint density at radius 2 is 2.00 bits per heavy atom. The van der Waals surface area contributed by atoms with Crippen molar-refractivity contribution in [3.05, 3.63) is 56.7 Å². The van der Waals surface area contributed by atoms with Crippen LogP contribution in [0.1, 0.15) is 49.2 Å². The van der Waals surface area contributed by atoms with Crippen molar-refractivity contribution in [2.45, 2.75) is 38.8 Å². The lowest BCUT2D eigenvalue weighted by Crippen LogP contribution is -2.24. The average Bonchev–Trinajstić information content (AvgIpc) is 2.86. The van der Waals surface area contributed by atoms with E-state index in [1.165, 1.54) is 27.8 Å². The first-order valence-corrected chi connectivity index (χ1v) is 8.43. The Kier molecular flexibility index (Phi) is 5.61. The van der Waals surface area contributed by atoms with Crippen LogP contribution in [0.4, 0.5) is 0 Å². The summed E-state index contributed by atoms with van der Waals surface area (Å²) < 4.78 is 1.17. The molecule has 19 heavy (non-hydrogen) atoms. The molecule has 0 saturated carbocycles. The molecule has 0 spiro atoms. The van der Waals surface area contributed by atoms with E-state index < -0.39 is 0 Å². The van der Waals surface area contributed by atoms with E-state index in [2.05, 4.69) is 76.9 Å². The van der Waals surface area contributed by atoms with Gasteiger partial charge in [-0.15, -0.1) is 11.3 Å². The van der Waals surface area contributed by atoms with Gasteiger partial charge in [-0.2, -0.15) is 0 Å². The lowest BCUT2D eigenvalue weighted by atomic mass is 10.0. The number of thiophene rings is 1. The predicted molar refractivity (Wildman–Crippen MR) is 87.7 cm³/mol. The molecule has 0 aliphatic rings. The minimum atomic E-state index is 0.382.